The van der Waals surface area contributed by atoms with Crippen LogP contribution < -0.4 is 4.74 Å². The van der Waals surface area contributed by atoms with Crippen molar-refractivity contribution in [3.63, 3.8) is 0 Å². The Hall–Kier alpha value is -2.38. The highest BCUT2D eigenvalue weighted by atomic mass is 19.4. The van der Waals surface area contributed by atoms with Gasteiger partial charge in [-0.25, -0.2) is 0 Å². The first kappa shape index (κ1) is 24.3. The number of rotatable bonds is 3. The van der Waals surface area contributed by atoms with Gasteiger partial charge in [0.2, 0.25) is 0 Å². The lowest BCUT2D eigenvalue weighted by atomic mass is 9.61. The molecule has 5 atom stereocenters. The molecule has 1 saturated heterocycles. The molecule has 4 aliphatic rings. The minimum absolute atomic E-state index is 0.0321. The SMILES string of the molecule is COc1ccc(C2OCC3(C)C(CCC3(O)C=CC(F)(F)F)C3CCC4=CC(=O)CCC4=C23)cc1. The van der Waals surface area contributed by atoms with Crippen molar-refractivity contribution in [1.82, 2.24) is 0 Å². The van der Waals surface area contributed by atoms with Crippen LogP contribution in [0.15, 0.2) is 59.2 Å². The molecule has 3 aliphatic carbocycles. The molecule has 1 aromatic carbocycles. The molecule has 2 fully saturated rings. The van der Waals surface area contributed by atoms with Crippen LogP contribution >= 0.6 is 0 Å². The van der Waals surface area contributed by atoms with Crippen LogP contribution in [-0.2, 0) is 9.53 Å². The zero-order chi connectivity index (χ0) is 25.0. The average Bonchev–Trinajstić information content (AvgIpc) is 2.99. The number of hydrogen-bond donors (Lipinski definition) is 1. The molecule has 1 saturated carbocycles. The summed E-state index contributed by atoms with van der Waals surface area (Å²) in [6, 6.07) is 7.66. The van der Waals surface area contributed by atoms with Crippen LogP contribution in [0.5, 0.6) is 5.75 Å². The van der Waals surface area contributed by atoms with Gasteiger partial charge in [-0.1, -0.05) is 19.1 Å². The van der Waals surface area contributed by atoms with Gasteiger partial charge in [-0.15, -0.1) is 0 Å². The first-order chi connectivity index (χ1) is 16.5. The number of carbonyl (C=O) groups excluding carboxylic acids is 1. The maximum atomic E-state index is 13.1. The highest BCUT2D eigenvalue weighted by molar-refractivity contribution is 5.93. The number of allylic oxidation sites excluding steroid dienone is 4. The number of carbonyl (C=O) groups is 1. The highest BCUT2D eigenvalue weighted by Gasteiger charge is 2.60. The van der Waals surface area contributed by atoms with Crippen LogP contribution in [0.3, 0.4) is 0 Å². The highest BCUT2D eigenvalue weighted by Crippen LogP contribution is 2.62. The molecule has 1 aromatic rings. The van der Waals surface area contributed by atoms with Crippen molar-refractivity contribution in [2.24, 2.45) is 17.3 Å². The van der Waals surface area contributed by atoms with Gasteiger partial charge in [-0.3, -0.25) is 4.79 Å². The number of aliphatic hydroxyl groups is 1. The summed E-state index contributed by atoms with van der Waals surface area (Å²) in [4.78, 5) is 12.2. The first-order valence-electron chi connectivity index (χ1n) is 12.3. The van der Waals surface area contributed by atoms with Gasteiger partial charge in [-0.05, 0) is 90.5 Å². The quantitative estimate of drug-likeness (QED) is 0.528. The maximum Gasteiger partial charge on any atom is 0.409 e. The summed E-state index contributed by atoms with van der Waals surface area (Å²) in [5.41, 5.74) is 1.80. The fraction of sp³-hybridized carbons (Fsp3) is 0.536. The molecule has 35 heavy (non-hydrogen) atoms. The van der Waals surface area contributed by atoms with Crippen molar-refractivity contribution in [1.29, 1.82) is 0 Å². The van der Waals surface area contributed by atoms with Gasteiger partial charge in [-0.2, -0.15) is 13.2 Å². The summed E-state index contributed by atoms with van der Waals surface area (Å²) in [6.45, 7) is 2.01. The van der Waals surface area contributed by atoms with Gasteiger partial charge in [0, 0.05) is 17.9 Å². The second-order valence-electron chi connectivity index (χ2n) is 10.5. The summed E-state index contributed by atoms with van der Waals surface area (Å²) >= 11 is 0. The lowest BCUT2D eigenvalue weighted by Gasteiger charge is -2.43. The van der Waals surface area contributed by atoms with Gasteiger partial charge < -0.3 is 14.6 Å². The van der Waals surface area contributed by atoms with Gasteiger partial charge in [0.1, 0.15) is 11.9 Å². The van der Waals surface area contributed by atoms with Crippen LogP contribution in [0.4, 0.5) is 13.2 Å². The van der Waals surface area contributed by atoms with E-state index in [1.165, 1.54) is 0 Å². The van der Waals surface area contributed by atoms with E-state index in [9.17, 15) is 23.1 Å². The molecule has 7 heteroatoms. The van der Waals surface area contributed by atoms with E-state index in [1.807, 2.05) is 31.2 Å². The zero-order valence-corrected chi connectivity index (χ0v) is 20.0. The van der Waals surface area contributed by atoms with E-state index in [0.29, 0.717) is 19.3 Å². The third-order valence-corrected chi connectivity index (χ3v) is 8.75. The number of ether oxygens (including phenoxy) is 2. The monoisotopic (exact) mass is 488 g/mol. The van der Waals surface area contributed by atoms with Crippen LogP contribution in [0.2, 0.25) is 0 Å². The van der Waals surface area contributed by atoms with Gasteiger partial charge in [0.05, 0.1) is 19.3 Å². The summed E-state index contributed by atoms with van der Waals surface area (Å²) in [5, 5.41) is 11.6. The third kappa shape index (κ3) is 4.16. The Kier molecular flexibility index (Phi) is 5.99. The molecule has 1 heterocycles. The van der Waals surface area contributed by atoms with Crippen molar-refractivity contribution >= 4 is 5.78 Å². The molecule has 188 valence electrons. The normalized spacial score (nSPS) is 35.3. The van der Waals surface area contributed by atoms with Gasteiger partial charge >= 0.3 is 6.18 Å². The van der Waals surface area contributed by atoms with E-state index in [2.05, 4.69) is 0 Å². The van der Waals surface area contributed by atoms with Crippen LogP contribution in [-0.4, -0.2) is 36.4 Å². The minimum atomic E-state index is -4.49. The van der Waals surface area contributed by atoms with E-state index in [1.54, 1.807) is 13.2 Å². The molecular formula is C28H31F3O4. The van der Waals surface area contributed by atoms with E-state index in [4.69, 9.17) is 9.47 Å². The maximum absolute atomic E-state index is 13.1. The summed E-state index contributed by atoms with van der Waals surface area (Å²) < 4.78 is 51.1. The molecule has 0 radical (unpaired) electrons. The van der Waals surface area contributed by atoms with E-state index < -0.39 is 23.3 Å². The third-order valence-electron chi connectivity index (χ3n) is 8.75. The minimum Gasteiger partial charge on any atom is -0.497 e. The van der Waals surface area contributed by atoms with Crippen LogP contribution in [0, 0.1) is 17.3 Å². The van der Waals surface area contributed by atoms with Crippen LogP contribution in [0.25, 0.3) is 0 Å². The predicted molar refractivity (Wildman–Crippen MR) is 125 cm³/mol. The Morgan fingerprint density at radius 2 is 1.89 bits per heavy atom. The number of halogens is 3. The Balaban J connectivity index is 1.63. The molecule has 5 unspecified atom stereocenters. The number of ketones is 1. The molecule has 5 rings (SSSR count). The van der Waals surface area contributed by atoms with E-state index in [-0.39, 0.29) is 36.7 Å². The Morgan fingerprint density at radius 3 is 2.57 bits per heavy atom. The second kappa shape index (κ2) is 8.63. The fourth-order valence-electron chi connectivity index (χ4n) is 6.86. The van der Waals surface area contributed by atoms with Crippen molar-refractivity contribution in [2.45, 2.75) is 63.3 Å². The lowest BCUT2D eigenvalue weighted by molar-refractivity contribution is -0.114. The standard InChI is InChI=1S/C28H31F3O4/c1-26-16-35-25(17-3-7-20(34-2)8-4-17)24-21-10-6-19(32)15-18(21)5-9-22(24)23(26)11-12-27(26,33)13-14-28(29,30)31/h3-4,7-8,13-15,22-23,25,33H,5-6,9-12,16H2,1-2H3. The Morgan fingerprint density at radius 1 is 1.14 bits per heavy atom. The number of benzene rings is 1. The lowest BCUT2D eigenvalue weighted by Crippen LogP contribution is -2.48. The zero-order valence-electron chi connectivity index (χ0n) is 20.0. The fourth-order valence-corrected chi connectivity index (χ4v) is 6.86. The second-order valence-corrected chi connectivity index (χ2v) is 10.5. The molecule has 0 bridgehead atoms. The van der Waals surface area contributed by atoms with Crippen molar-refractivity contribution in [2.75, 3.05) is 13.7 Å². The smallest absolute Gasteiger partial charge is 0.409 e. The van der Waals surface area contributed by atoms with Gasteiger partial charge in [0.25, 0.3) is 0 Å². The summed E-state index contributed by atoms with van der Waals surface area (Å²) in [6.07, 6.45) is 1.51. The van der Waals surface area contributed by atoms with Gasteiger partial charge in [0.15, 0.2) is 5.78 Å². The Labute approximate surface area is 203 Å². The van der Waals surface area contributed by atoms with E-state index >= 15 is 0 Å². The first-order valence-corrected chi connectivity index (χ1v) is 12.3. The summed E-state index contributed by atoms with van der Waals surface area (Å²) in [7, 11) is 1.60. The molecule has 0 amide bonds. The number of alkyl halides is 3. The average molecular weight is 489 g/mol. The topological polar surface area (TPSA) is 55.8 Å². The number of methoxy groups -OCH3 is 1. The van der Waals surface area contributed by atoms with Crippen molar-refractivity contribution < 1.29 is 32.5 Å². The van der Waals surface area contributed by atoms with Crippen molar-refractivity contribution in [3.05, 3.63) is 64.8 Å². The molecule has 4 nitrogen and oxygen atoms in total. The molecule has 0 aromatic heterocycles. The Bertz CT molecular complexity index is 1100. The number of hydrogen-bond acceptors (Lipinski definition) is 4. The molecular weight excluding hydrogens is 457 g/mol. The molecule has 1 aliphatic heterocycles. The summed E-state index contributed by atoms with van der Waals surface area (Å²) in [5.74, 6) is 0.883. The van der Waals surface area contributed by atoms with Crippen LogP contribution in [0.1, 0.15) is 57.1 Å². The van der Waals surface area contributed by atoms with E-state index in [0.717, 1.165) is 46.9 Å². The molecule has 0 spiro atoms. The number of fused-ring (bicyclic) bond motifs is 4. The molecule has 1 N–H and O–H groups in total. The predicted octanol–water partition coefficient (Wildman–Crippen LogP) is 6.03. The largest absolute Gasteiger partial charge is 0.497 e. The van der Waals surface area contributed by atoms with Crippen molar-refractivity contribution in [3.8, 4) is 5.75 Å².